The van der Waals surface area contributed by atoms with Crippen LogP contribution >= 0.6 is 11.3 Å². The van der Waals surface area contributed by atoms with Crippen LogP contribution in [0.15, 0.2) is 78.2 Å². The van der Waals surface area contributed by atoms with E-state index in [9.17, 15) is 4.79 Å². The van der Waals surface area contributed by atoms with Crippen LogP contribution in [0.2, 0.25) is 0 Å². The third kappa shape index (κ3) is 3.69. The monoisotopic (exact) mass is 321 g/mol. The summed E-state index contributed by atoms with van der Waals surface area (Å²) in [5.74, 6) is -0.261. The summed E-state index contributed by atoms with van der Waals surface area (Å²) in [6, 6.07) is 23.9. The zero-order valence-electron chi connectivity index (χ0n) is 13.0. The lowest BCUT2D eigenvalue weighted by atomic mass is 9.90. The summed E-state index contributed by atoms with van der Waals surface area (Å²) < 4.78 is 0. The Kier molecular flexibility index (Phi) is 4.89. The van der Waals surface area contributed by atoms with E-state index >= 15 is 0 Å². The van der Waals surface area contributed by atoms with Gasteiger partial charge in [0.2, 0.25) is 5.91 Å². The highest BCUT2D eigenvalue weighted by atomic mass is 32.1. The van der Waals surface area contributed by atoms with Crippen LogP contribution in [0.25, 0.3) is 0 Å². The van der Waals surface area contributed by atoms with Crippen molar-refractivity contribution in [1.82, 2.24) is 5.32 Å². The van der Waals surface area contributed by atoms with Crippen molar-refractivity contribution in [2.24, 2.45) is 0 Å². The predicted octanol–water partition coefficient (Wildman–Crippen LogP) is 4.76. The van der Waals surface area contributed by atoms with Crippen molar-refractivity contribution < 1.29 is 4.79 Å². The number of hydrogen-bond acceptors (Lipinski definition) is 2. The van der Waals surface area contributed by atoms with Crippen LogP contribution in [-0.4, -0.2) is 5.91 Å². The van der Waals surface area contributed by atoms with Crippen LogP contribution in [0, 0.1) is 0 Å². The number of nitrogens with one attached hydrogen (secondary N) is 1. The summed E-state index contributed by atoms with van der Waals surface area (Å²) in [4.78, 5) is 14.1. The van der Waals surface area contributed by atoms with Crippen molar-refractivity contribution >= 4 is 17.2 Å². The molecular formula is C20H19NOS. The lowest BCUT2D eigenvalue weighted by molar-refractivity contribution is -0.122. The van der Waals surface area contributed by atoms with E-state index in [1.807, 2.05) is 79.0 Å². The third-order valence-electron chi connectivity index (χ3n) is 3.86. The van der Waals surface area contributed by atoms with Gasteiger partial charge in [0.1, 0.15) is 0 Å². The first kappa shape index (κ1) is 15.5. The second-order valence-electron chi connectivity index (χ2n) is 5.50. The fraction of sp³-hybridized carbons (Fsp3) is 0.150. The number of hydrogen-bond donors (Lipinski definition) is 1. The second-order valence-corrected chi connectivity index (χ2v) is 6.48. The van der Waals surface area contributed by atoms with Gasteiger partial charge in [0, 0.05) is 4.88 Å². The Morgan fingerprint density at radius 3 is 1.91 bits per heavy atom. The average Bonchev–Trinajstić information content (AvgIpc) is 3.12. The topological polar surface area (TPSA) is 29.1 Å². The zero-order valence-corrected chi connectivity index (χ0v) is 13.8. The van der Waals surface area contributed by atoms with Gasteiger partial charge in [0.05, 0.1) is 12.0 Å². The van der Waals surface area contributed by atoms with Gasteiger partial charge in [0.15, 0.2) is 0 Å². The largest absolute Gasteiger partial charge is 0.348 e. The summed E-state index contributed by atoms with van der Waals surface area (Å²) in [7, 11) is 0. The Bertz CT molecular complexity index is 698. The molecular weight excluding hydrogens is 302 g/mol. The number of carbonyl (C=O) groups is 1. The molecule has 0 saturated carbocycles. The van der Waals surface area contributed by atoms with Crippen molar-refractivity contribution in [2.45, 2.75) is 18.9 Å². The van der Waals surface area contributed by atoms with Crippen LogP contribution < -0.4 is 5.32 Å². The molecule has 1 amide bonds. The summed E-state index contributed by atoms with van der Waals surface area (Å²) in [5, 5.41) is 5.18. The van der Waals surface area contributed by atoms with Gasteiger partial charge in [-0.25, -0.2) is 0 Å². The second kappa shape index (κ2) is 7.25. The van der Waals surface area contributed by atoms with Crippen molar-refractivity contribution in [3.8, 4) is 0 Å². The van der Waals surface area contributed by atoms with Gasteiger partial charge in [0.25, 0.3) is 0 Å². The fourth-order valence-corrected chi connectivity index (χ4v) is 3.43. The van der Waals surface area contributed by atoms with Crippen molar-refractivity contribution in [3.63, 3.8) is 0 Å². The first-order chi connectivity index (χ1) is 11.3. The molecule has 0 aliphatic carbocycles. The molecule has 1 N–H and O–H groups in total. The van der Waals surface area contributed by atoms with Gasteiger partial charge < -0.3 is 5.32 Å². The minimum absolute atomic E-state index is 0.0115. The van der Waals surface area contributed by atoms with Gasteiger partial charge in [-0.2, -0.15) is 0 Å². The van der Waals surface area contributed by atoms with Gasteiger partial charge in [-0.05, 0) is 29.5 Å². The lowest BCUT2D eigenvalue weighted by Gasteiger charge is -2.20. The van der Waals surface area contributed by atoms with Gasteiger partial charge in [-0.15, -0.1) is 11.3 Å². The number of benzene rings is 2. The molecule has 1 heterocycles. The Hall–Kier alpha value is -2.39. The molecule has 3 rings (SSSR count). The maximum Gasteiger partial charge on any atom is 0.232 e. The number of thiophene rings is 1. The smallest absolute Gasteiger partial charge is 0.232 e. The molecule has 1 atom stereocenters. The molecule has 116 valence electrons. The quantitative estimate of drug-likeness (QED) is 0.721. The van der Waals surface area contributed by atoms with E-state index in [2.05, 4.69) is 11.4 Å². The highest BCUT2D eigenvalue weighted by Gasteiger charge is 2.24. The van der Waals surface area contributed by atoms with Crippen LogP contribution in [0.5, 0.6) is 0 Å². The van der Waals surface area contributed by atoms with Gasteiger partial charge in [-0.1, -0.05) is 66.7 Å². The van der Waals surface area contributed by atoms with Crippen molar-refractivity contribution in [2.75, 3.05) is 0 Å². The maximum absolute atomic E-state index is 12.9. The molecule has 2 nitrogen and oxygen atoms in total. The summed E-state index contributed by atoms with van der Waals surface area (Å²) in [6.07, 6.45) is 0. The molecule has 0 radical (unpaired) electrons. The van der Waals surface area contributed by atoms with E-state index in [0.717, 1.165) is 11.1 Å². The van der Waals surface area contributed by atoms with E-state index in [4.69, 9.17) is 0 Å². The molecule has 3 heteroatoms. The molecule has 2 aromatic carbocycles. The molecule has 0 aliphatic heterocycles. The molecule has 0 aliphatic rings. The normalized spacial score (nSPS) is 12.1. The van der Waals surface area contributed by atoms with E-state index < -0.39 is 0 Å². The summed E-state index contributed by atoms with van der Waals surface area (Å²) >= 11 is 1.66. The van der Waals surface area contributed by atoms with Crippen LogP contribution in [-0.2, 0) is 4.79 Å². The third-order valence-corrected chi connectivity index (χ3v) is 4.91. The highest BCUT2D eigenvalue weighted by molar-refractivity contribution is 7.10. The zero-order chi connectivity index (χ0) is 16.1. The van der Waals surface area contributed by atoms with E-state index in [0.29, 0.717) is 0 Å². The first-order valence-electron chi connectivity index (χ1n) is 7.69. The molecule has 0 saturated heterocycles. The van der Waals surface area contributed by atoms with E-state index in [1.54, 1.807) is 11.3 Å². The fourth-order valence-electron chi connectivity index (χ4n) is 2.69. The van der Waals surface area contributed by atoms with Crippen molar-refractivity contribution in [3.05, 3.63) is 94.2 Å². The lowest BCUT2D eigenvalue weighted by Crippen LogP contribution is -2.31. The molecule has 3 aromatic rings. The number of carbonyl (C=O) groups excluding carboxylic acids is 1. The molecule has 23 heavy (non-hydrogen) atoms. The molecule has 0 spiro atoms. The van der Waals surface area contributed by atoms with Gasteiger partial charge in [-0.3, -0.25) is 4.79 Å². The minimum atomic E-state index is -0.292. The molecule has 0 unspecified atom stereocenters. The predicted molar refractivity (Wildman–Crippen MR) is 95.6 cm³/mol. The Balaban J connectivity index is 1.88. The van der Waals surface area contributed by atoms with E-state index in [1.165, 1.54) is 4.88 Å². The Labute approximate surface area is 140 Å². The van der Waals surface area contributed by atoms with E-state index in [-0.39, 0.29) is 17.9 Å². The molecule has 0 fully saturated rings. The molecule has 1 aromatic heterocycles. The SMILES string of the molecule is C[C@H](NC(=O)C(c1ccccc1)c1ccccc1)c1cccs1. The maximum atomic E-state index is 12.9. The first-order valence-corrected chi connectivity index (χ1v) is 8.57. The summed E-state index contributed by atoms with van der Waals surface area (Å²) in [5.41, 5.74) is 2.02. The standard InChI is InChI=1S/C20H19NOS/c1-15(18-13-8-14-23-18)21-20(22)19(16-9-4-2-5-10-16)17-11-6-3-7-12-17/h2-15,19H,1H3,(H,21,22)/t15-/m0/s1. The average molecular weight is 321 g/mol. The Morgan fingerprint density at radius 2 is 1.43 bits per heavy atom. The highest BCUT2D eigenvalue weighted by Crippen LogP contribution is 2.26. The number of amides is 1. The minimum Gasteiger partial charge on any atom is -0.348 e. The van der Waals surface area contributed by atoms with Crippen LogP contribution in [0.4, 0.5) is 0 Å². The van der Waals surface area contributed by atoms with Crippen molar-refractivity contribution in [1.29, 1.82) is 0 Å². The number of rotatable bonds is 5. The summed E-state index contributed by atoms with van der Waals surface area (Å²) in [6.45, 7) is 2.02. The van der Waals surface area contributed by atoms with Crippen LogP contribution in [0.1, 0.15) is 34.9 Å². The Morgan fingerprint density at radius 1 is 0.870 bits per heavy atom. The van der Waals surface area contributed by atoms with Crippen LogP contribution in [0.3, 0.4) is 0 Å². The van der Waals surface area contributed by atoms with Gasteiger partial charge >= 0.3 is 0 Å². The molecule has 0 bridgehead atoms.